The molecule has 0 fully saturated rings. The van der Waals surface area contributed by atoms with Crippen LogP contribution in [0.4, 0.5) is 0 Å². The molecule has 1 aromatic heterocycles. The summed E-state index contributed by atoms with van der Waals surface area (Å²) in [6, 6.07) is 16.1. The average Bonchev–Trinajstić information content (AvgIpc) is 2.87. The zero-order valence-electron chi connectivity index (χ0n) is 11.6. The van der Waals surface area contributed by atoms with Crippen LogP contribution in [0.2, 0.25) is 0 Å². The first-order valence-corrected chi connectivity index (χ1v) is 6.60. The normalized spacial score (nSPS) is 10.7. The van der Waals surface area contributed by atoms with Gasteiger partial charge in [0.25, 0.3) is 0 Å². The van der Waals surface area contributed by atoms with E-state index in [0.717, 1.165) is 22.7 Å². The van der Waals surface area contributed by atoms with Crippen LogP contribution in [0.15, 0.2) is 48.5 Å². The van der Waals surface area contributed by atoms with Crippen LogP contribution in [0.25, 0.3) is 10.9 Å². The molecule has 0 bridgehead atoms. The van der Waals surface area contributed by atoms with Gasteiger partial charge in [-0.15, -0.1) is 0 Å². The second-order valence-electron chi connectivity index (χ2n) is 4.82. The zero-order valence-corrected chi connectivity index (χ0v) is 11.6. The standard InChI is InChI=1S/C17H17NO2/c1-12-7-8-15-13(9-12)10-14(18-15)11-20-17-6-4-3-5-16(17)19-2/h3-10,18H,11H2,1-2H3. The van der Waals surface area contributed by atoms with E-state index in [1.807, 2.05) is 24.3 Å². The summed E-state index contributed by atoms with van der Waals surface area (Å²) in [5, 5.41) is 1.21. The summed E-state index contributed by atoms with van der Waals surface area (Å²) in [6.07, 6.45) is 0. The number of rotatable bonds is 4. The number of ether oxygens (including phenoxy) is 2. The third-order valence-corrected chi connectivity index (χ3v) is 3.28. The number of methoxy groups -OCH3 is 1. The monoisotopic (exact) mass is 267 g/mol. The highest BCUT2D eigenvalue weighted by Gasteiger charge is 2.05. The molecule has 0 radical (unpaired) electrons. The minimum absolute atomic E-state index is 0.494. The highest BCUT2D eigenvalue weighted by atomic mass is 16.5. The Hall–Kier alpha value is -2.42. The van der Waals surface area contributed by atoms with Crippen LogP contribution in [0.1, 0.15) is 11.3 Å². The maximum absolute atomic E-state index is 5.82. The lowest BCUT2D eigenvalue weighted by Gasteiger charge is -2.09. The molecular formula is C17H17NO2. The van der Waals surface area contributed by atoms with Gasteiger partial charge in [0, 0.05) is 10.9 Å². The highest BCUT2D eigenvalue weighted by molar-refractivity contribution is 5.81. The summed E-state index contributed by atoms with van der Waals surface area (Å²) in [7, 11) is 1.65. The van der Waals surface area contributed by atoms with E-state index in [2.05, 4.69) is 36.2 Å². The molecular weight excluding hydrogens is 250 g/mol. The highest BCUT2D eigenvalue weighted by Crippen LogP contribution is 2.27. The Kier molecular flexibility index (Phi) is 3.33. The van der Waals surface area contributed by atoms with Gasteiger partial charge >= 0.3 is 0 Å². The number of aromatic nitrogens is 1. The summed E-state index contributed by atoms with van der Waals surface area (Å²) in [5.41, 5.74) is 3.44. The summed E-state index contributed by atoms with van der Waals surface area (Å²) < 4.78 is 11.1. The first-order chi connectivity index (χ1) is 9.76. The van der Waals surface area contributed by atoms with Gasteiger partial charge in [0.1, 0.15) is 6.61 Å². The maximum atomic E-state index is 5.82. The molecule has 3 rings (SSSR count). The smallest absolute Gasteiger partial charge is 0.161 e. The lowest BCUT2D eigenvalue weighted by Crippen LogP contribution is -1.97. The number of fused-ring (bicyclic) bond motifs is 1. The third-order valence-electron chi connectivity index (χ3n) is 3.28. The van der Waals surface area contributed by atoms with Crippen LogP contribution in [0.5, 0.6) is 11.5 Å². The van der Waals surface area contributed by atoms with Crippen molar-refractivity contribution >= 4 is 10.9 Å². The average molecular weight is 267 g/mol. The van der Waals surface area contributed by atoms with Gasteiger partial charge in [-0.25, -0.2) is 0 Å². The van der Waals surface area contributed by atoms with Crippen molar-refractivity contribution < 1.29 is 9.47 Å². The van der Waals surface area contributed by atoms with Crippen molar-refractivity contribution in [3.8, 4) is 11.5 Å². The van der Waals surface area contributed by atoms with E-state index in [1.54, 1.807) is 7.11 Å². The quantitative estimate of drug-likeness (QED) is 0.773. The van der Waals surface area contributed by atoms with E-state index in [4.69, 9.17) is 9.47 Å². The second kappa shape index (κ2) is 5.29. The van der Waals surface area contributed by atoms with Gasteiger partial charge < -0.3 is 14.5 Å². The van der Waals surface area contributed by atoms with Gasteiger partial charge in [0.15, 0.2) is 11.5 Å². The van der Waals surface area contributed by atoms with Crippen LogP contribution in [0.3, 0.4) is 0 Å². The Morgan fingerprint density at radius 2 is 1.80 bits per heavy atom. The van der Waals surface area contributed by atoms with E-state index in [0.29, 0.717) is 6.61 Å². The molecule has 0 saturated heterocycles. The van der Waals surface area contributed by atoms with E-state index in [-0.39, 0.29) is 0 Å². The molecule has 0 aliphatic rings. The van der Waals surface area contributed by atoms with Crippen LogP contribution < -0.4 is 9.47 Å². The number of para-hydroxylation sites is 2. The number of hydrogen-bond donors (Lipinski definition) is 1. The molecule has 0 saturated carbocycles. The molecule has 102 valence electrons. The lowest BCUT2D eigenvalue weighted by molar-refractivity contribution is 0.281. The van der Waals surface area contributed by atoms with Crippen molar-refractivity contribution in [2.75, 3.05) is 7.11 Å². The minimum Gasteiger partial charge on any atom is -0.493 e. The van der Waals surface area contributed by atoms with Crippen LogP contribution in [-0.4, -0.2) is 12.1 Å². The fraction of sp³-hybridized carbons (Fsp3) is 0.176. The van der Waals surface area contributed by atoms with Gasteiger partial charge in [0.05, 0.1) is 12.8 Å². The second-order valence-corrected chi connectivity index (χ2v) is 4.82. The first-order valence-electron chi connectivity index (χ1n) is 6.60. The number of benzene rings is 2. The van der Waals surface area contributed by atoms with Gasteiger partial charge in [-0.1, -0.05) is 23.8 Å². The van der Waals surface area contributed by atoms with E-state index < -0.39 is 0 Å². The maximum Gasteiger partial charge on any atom is 0.161 e. The molecule has 20 heavy (non-hydrogen) atoms. The molecule has 3 nitrogen and oxygen atoms in total. The van der Waals surface area contributed by atoms with Crippen LogP contribution >= 0.6 is 0 Å². The van der Waals surface area contributed by atoms with Gasteiger partial charge in [-0.3, -0.25) is 0 Å². The molecule has 0 aliphatic carbocycles. The topological polar surface area (TPSA) is 34.2 Å². The van der Waals surface area contributed by atoms with Crippen molar-refractivity contribution in [3.63, 3.8) is 0 Å². The van der Waals surface area contributed by atoms with Gasteiger partial charge in [0.2, 0.25) is 0 Å². The molecule has 0 atom stereocenters. The summed E-state index contributed by atoms with van der Waals surface area (Å²) in [4.78, 5) is 3.36. The Labute approximate surface area is 118 Å². The first kappa shape index (κ1) is 12.6. The molecule has 0 spiro atoms. The van der Waals surface area contributed by atoms with E-state index >= 15 is 0 Å². The zero-order chi connectivity index (χ0) is 13.9. The van der Waals surface area contributed by atoms with Crippen molar-refractivity contribution in [1.29, 1.82) is 0 Å². The van der Waals surface area contributed by atoms with Crippen molar-refractivity contribution in [1.82, 2.24) is 4.98 Å². The van der Waals surface area contributed by atoms with Crippen LogP contribution in [-0.2, 0) is 6.61 Å². The SMILES string of the molecule is COc1ccccc1OCc1cc2cc(C)ccc2[nH]1. The summed E-state index contributed by atoms with van der Waals surface area (Å²) in [6.45, 7) is 2.59. The molecule has 0 aliphatic heterocycles. The number of aryl methyl sites for hydroxylation is 1. The molecule has 1 N–H and O–H groups in total. The van der Waals surface area contributed by atoms with Crippen molar-refractivity contribution in [2.45, 2.75) is 13.5 Å². The van der Waals surface area contributed by atoms with Crippen LogP contribution in [0, 0.1) is 6.92 Å². The fourth-order valence-electron chi connectivity index (χ4n) is 2.28. The lowest BCUT2D eigenvalue weighted by atomic mass is 10.2. The number of nitrogens with one attached hydrogen (secondary N) is 1. The van der Waals surface area contributed by atoms with Gasteiger partial charge in [-0.05, 0) is 37.3 Å². The third kappa shape index (κ3) is 2.48. The number of H-pyrrole nitrogens is 1. The Morgan fingerprint density at radius 1 is 1.00 bits per heavy atom. The molecule has 3 heteroatoms. The van der Waals surface area contributed by atoms with Crippen molar-refractivity contribution in [3.05, 3.63) is 59.8 Å². The predicted molar refractivity (Wildman–Crippen MR) is 80.4 cm³/mol. The summed E-state index contributed by atoms with van der Waals surface area (Å²) in [5.74, 6) is 1.50. The molecule has 1 heterocycles. The molecule has 3 aromatic rings. The number of aromatic amines is 1. The Bertz CT molecular complexity index is 731. The number of hydrogen-bond acceptors (Lipinski definition) is 2. The van der Waals surface area contributed by atoms with Gasteiger partial charge in [-0.2, -0.15) is 0 Å². The molecule has 0 amide bonds. The van der Waals surface area contributed by atoms with E-state index in [9.17, 15) is 0 Å². The van der Waals surface area contributed by atoms with E-state index in [1.165, 1.54) is 10.9 Å². The minimum atomic E-state index is 0.494. The molecule has 0 unspecified atom stereocenters. The summed E-state index contributed by atoms with van der Waals surface area (Å²) >= 11 is 0. The largest absolute Gasteiger partial charge is 0.493 e. The van der Waals surface area contributed by atoms with Crippen molar-refractivity contribution in [2.24, 2.45) is 0 Å². The molecule has 2 aromatic carbocycles. The Morgan fingerprint density at radius 3 is 2.60 bits per heavy atom. The Balaban J connectivity index is 1.79. The predicted octanol–water partition coefficient (Wildman–Crippen LogP) is 4.06. The fourth-order valence-corrected chi connectivity index (χ4v) is 2.28.